The number of benzene rings is 1. The largest absolute Gasteiger partial charge is 0.355 e. The average Bonchev–Trinajstić information content (AvgIpc) is 2.29. The molecule has 0 aliphatic rings. The summed E-state index contributed by atoms with van der Waals surface area (Å²) in [5, 5.41) is 6.73. The fourth-order valence-electron chi connectivity index (χ4n) is 1.65. The second-order valence-electron chi connectivity index (χ2n) is 4.06. The molecule has 0 spiro atoms. The summed E-state index contributed by atoms with van der Waals surface area (Å²) < 4.78 is 0. The zero-order valence-electron chi connectivity index (χ0n) is 10.5. The third kappa shape index (κ3) is 4.36. The predicted molar refractivity (Wildman–Crippen MR) is 71.1 cm³/mol. The number of hydrogen-bond donors (Lipinski definition) is 2. The molecule has 3 nitrogen and oxygen atoms in total. The van der Waals surface area contributed by atoms with Crippen molar-refractivity contribution in [2.45, 2.75) is 32.9 Å². The number of halogens is 1. The molecule has 1 aromatic rings. The van der Waals surface area contributed by atoms with Gasteiger partial charge in [-0.05, 0) is 38.5 Å². The molecule has 0 bridgehead atoms. The van der Waals surface area contributed by atoms with Crippen molar-refractivity contribution in [2.75, 3.05) is 6.54 Å². The third-order valence-electron chi connectivity index (χ3n) is 2.59. The van der Waals surface area contributed by atoms with Crippen molar-refractivity contribution >= 4 is 17.5 Å². The van der Waals surface area contributed by atoms with Crippen LogP contribution in [0.15, 0.2) is 24.3 Å². The van der Waals surface area contributed by atoms with Gasteiger partial charge in [0.15, 0.2) is 0 Å². The van der Waals surface area contributed by atoms with Gasteiger partial charge in [-0.1, -0.05) is 23.7 Å². The minimum atomic E-state index is -0.219. The zero-order chi connectivity index (χ0) is 12.8. The lowest BCUT2D eigenvalue weighted by atomic mass is 10.1. The van der Waals surface area contributed by atoms with Crippen LogP contribution in [0.2, 0.25) is 5.02 Å². The lowest BCUT2D eigenvalue weighted by Crippen LogP contribution is -2.43. The summed E-state index contributed by atoms with van der Waals surface area (Å²) in [6, 6.07) is 7.52. The SMILES string of the molecule is CCNC(=O)C(C)N[C@H](C)c1cccc(Cl)c1. The Kier molecular flexibility index (Phi) is 5.45. The van der Waals surface area contributed by atoms with E-state index in [1.54, 1.807) is 0 Å². The van der Waals surface area contributed by atoms with E-state index >= 15 is 0 Å². The lowest BCUT2D eigenvalue weighted by Gasteiger charge is -2.19. The van der Waals surface area contributed by atoms with Crippen LogP contribution in [0.5, 0.6) is 0 Å². The van der Waals surface area contributed by atoms with Gasteiger partial charge in [-0.3, -0.25) is 10.1 Å². The van der Waals surface area contributed by atoms with Crippen molar-refractivity contribution in [2.24, 2.45) is 0 Å². The standard InChI is InChI=1S/C13H19ClN2O/c1-4-15-13(17)10(3)16-9(2)11-6-5-7-12(14)8-11/h5-10,16H,4H2,1-3H3,(H,15,17)/t9-,10?/m1/s1. The normalized spacial score (nSPS) is 14.1. The van der Waals surface area contributed by atoms with Gasteiger partial charge in [0.2, 0.25) is 5.91 Å². The highest BCUT2D eigenvalue weighted by atomic mass is 35.5. The summed E-state index contributed by atoms with van der Waals surface area (Å²) >= 11 is 5.93. The van der Waals surface area contributed by atoms with Gasteiger partial charge in [-0.15, -0.1) is 0 Å². The van der Waals surface area contributed by atoms with Crippen molar-refractivity contribution in [3.05, 3.63) is 34.9 Å². The van der Waals surface area contributed by atoms with Crippen LogP contribution < -0.4 is 10.6 Å². The summed E-state index contributed by atoms with van der Waals surface area (Å²) in [5.74, 6) is 0.0152. The van der Waals surface area contributed by atoms with Crippen LogP contribution >= 0.6 is 11.6 Å². The first-order valence-corrected chi connectivity index (χ1v) is 6.21. The molecule has 0 saturated heterocycles. The summed E-state index contributed by atoms with van der Waals surface area (Å²) in [6.45, 7) is 6.43. The second-order valence-corrected chi connectivity index (χ2v) is 4.50. The molecule has 0 aromatic heterocycles. The molecule has 1 rings (SSSR count). The maximum Gasteiger partial charge on any atom is 0.236 e. The monoisotopic (exact) mass is 254 g/mol. The third-order valence-corrected chi connectivity index (χ3v) is 2.83. The van der Waals surface area contributed by atoms with E-state index < -0.39 is 0 Å². The van der Waals surface area contributed by atoms with Gasteiger partial charge in [-0.2, -0.15) is 0 Å². The molecular formula is C13H19ClN2O. The highest BCUT2D eigenvalue weighted by Crippen LogP contribution is 2.17. The smallest absolute Gasteiger partial charge is 0.236 e. The van der Waals surface area contributed by atoms with Gasteiger partial charge >= 0.3 is 0 Å². The van der Waals surface area contributed by atoms with E-state index in [1.807, 2.05) is 45.0 Å². The van der Waals surface area contributed by atoms with Crippen molar-refractivity contribution in [1.29, 1.82) is 0 Å². The molecule has 0 aliphatic heterocycles. The van der Waals surface area contributed by atoms with Crippen molar-refractivity contribution in [1.82, 2.24) is 10.6 Å². The quantitative estimate of drug-likeness (QED) is 0.848. The Hall–Kier alpha value is -1.06. The van der Waals surface area contributed by atoms with Gasteiger partial charge in [-0.25, -0.2) is 0 Å². The minimum Gasteiger partial charge on any atom is -0.355 e. The van der Waals surface area contributed by atoms with Gasteiger partial charge in [0.05, 0.1) is 6.04 Å². The van der Waals surface area contributed by atoms with E-state index in [4.69, 9.17) is 11.6 Å². The molecule has 2 atom stereocenters. The first kappa shape index (κ1) is 14.0. The van der Waals surface area contributed by atoms with E-state index in [0.29, 0.717) is 11.6 Å². The molecular weight excluding hydrogens is 236 g/mol. The molecule has 1 unspecified atom stereocenters. The molecule has 1 aromatic carbocycles. The Balaban J connectivity index is 2.60. The molecule has 94 valence electrons. The van der Waals surface area contributed by atoms with Crippen LogP contribution in [-0.2, 0) is 4.79 Å². The van der Waals surface area contributed by atoms with Gasteiger partial charge in [0.1, 0.15) is 0 Å². The molecule has 0 saturated carbocycles. The van der Waals surface area contributed by atoms with E-state index in [0.717, 1.165) is 5.56 Å². The molecule has 4 heteroatoms. The van der Waals surface area contributed by atoms with Crippen LogP contribution in [0.4, 0.5) is 0 Å². The van der Waals surface area contributed by atoms with Crippen molar-refractivity contribution < 1.29 is 4.79 Å². The summed E-state index contributed by atoms with van der Waals surface area (Å²) in [7, 11) is 0. The number of rotatable bonds is 5. The molecule has 0 heterocycles. The molecule has 0 radical (unpaired) electrons. The van der Waals surface area contributed by atoms with Crippen molar-refractivity contribution in [3.63, 3.8) is 0 Å². The van der Waals surface area contributed by atoms with Crippen LogP contribution in [0.1, 0.15) is 32.4 Å². The first-order valence-electron chi connectivity index (χ1n) is 5.83. The van der Waals surface area contributed by atoms with E-state index in [1.165, 1.54) is 0 Å². The van der Waals surface area contributed by atoms with E-state index in [2.05, 4.69) is 10.6 Å². The van der Waals surface area contributed by atoms with Crippen LogP contribution in [0.25, 0.3) is 0 Å². The Morgan fingerprint density at radius 2 is 2.12 bits per heavy atom. The summed E-state index contributed by atoms with van der Waals surface area (Å²) in [4.78, 5) is 11.6. The molecule has 2 N–H and O–H groups in total. The number of likely N-dealkylation sites (N-methyl/N-ethyl adjacent to an activating group) is 1. The van der Waals surface area contributed by atoms with Crippen LogP contribution in [-0.4, -0.2) is 18.5 Å². The molecule has 0 fully saturated rings. The Morgan fingerprint density at radius 3 is 2.71 bits per heavy atom. The van der Waals surface area contributed by atoms with Gasteiger partial charge in [0.25, 0.3) is 0 Å². The van der Waals surface area contributed by atoms with Crippen LogP contribution in [0.3, 0.4) is 0 Å². The first-order chi connectivity index (χ1) is 8.04. The highest BCUT2D eigenvalue weighted by molar-refractivity contribution is 6.30. The number of carbonyl (C=O) groups excluding carboxylic acids is 1. The molecule has 1 amide bonds. The Bertz CT molecular complexity index is 381. The number of carbonyl (C=O) groups is 1. The van der Waals surface area contributed by atoms with Crippen LogP contribution in [0, 0.1) is 0 Å². The fourth-order valence-corrected chi connectivity index (χ4v) is 1.85. The topological polar surface area (TPSA) is 41.1 Å². The maximum absolute atomic E-state index is 11.6. The molecule has 17 heavy (non-hydrogen) atoms. The summed E-state index contributed by atoms with van der Waals surface area (Å²) in [5.41, 5.74) is 1.08. The maximum atomic E-state index is 11.6. The van der Waals surface area contributed by atoms with Gasteiger partial charge in [0, 0.05) is 17.6 Å². The number of nitrogens with one attached hydrogen (secondary N) is 2. The highest BCUT2D eigenvalue weighted by Gasteiger charge is 2.15. The van der Waals surface area contributed by atoms with Gasteiger partial charge < -0.3 is 5.32 Å². The Morgan fingerprint density at radius 1 is 1.41 bits per heavy atom. The Labute approximate surface area is 108 Å². The minimum absolute atomic E-state index is 0.0152. The predicted octanol–water partition coefficient (Wildman–Crippen LogP) is 2.52. The number of hydrogen-bond acceptors (Lipinski definition) is 2. The average molecular weight is 255 g/mol. The second kappa shape index (κ2) is 6.62. The summed E-state index contributed by atoms with van der Waals surface area (Å²) in [6.07, 6.45) is 0. The van der Waals surface area contributed by atoms with E-state index in [9.17, 15) is 4.79 Å². The van der Waals surface area contributed by atoms with E-state index in [-0.39, 0.29) is 18.0 Å². The lowest BCUT2D eigenvalue weighted by molar-refractivity contribution is -0.122. The fraction of sp³-hybridized carbons (Fsp3) is 0.462. The molecule has 0 aliphatic carbocycles. The number of amides is 1. The zero-order valence-corrected chi connectivity index (χ0v) is 11.2. The van der Waals surface area contributed by atoms with Crippen molar-refractivity contribution in [3.8, 4) is 0 Å².